The van der Waals surface area contributed by atoms with Gasteiger partial charge < -0.3 is 5.32 Å². The molecule has 3 rings (SSSR count). The van der Waals surface area contributed by atoms with Gasteiger partial charge in [-0.1, -0.05) is 18.9 Å². The molecule has 0 radical (unpaired) electrons. The molecule has 5 nitrogen and oxygen atoms in total. The number of carbonyl (C=O) groups excluding carboxylic acids is 1. The predicted molar refractivity (Wildman–Crippen MR) is 101 cm³/mol. The highest BCUT2D eigenvalue weighted by molar-refractivity contribution is 7.92. The topological polar surface area (TPSA) is 75.3 Å². The zero-order valence-electron chi connectivity index (χ0n) is 14.1. The molecule has 0 saturated heterocycles. The van der Waals surface area contributed by atoms with Gasteiger partial charge in [-0.15, -0.1) is 11.3 Å². The van der Waals surface area contributed by atoms with Gasteiger partial charge in [0.15, 0.2) is 0 Å². The van der Waals surface area contributed by atoms with E-state index in [4.69, 9.17) is 0 Å². The number of hydrogen-bond acceptors (Lipinski definition) is 4. The van der Waals surface area contributed by atoms with Crippen molar-refractivity contribution in [3.05, 3.63) is 52.2 Å². The predicted octanol–water partition coefficient (Wildman–Crippen LogP) is 3.78. The minimum atomic E-state index is -3.32. The number of carbonyl (C=O) groups is 1. The van der Waals surface area contributed by atoms with E-state index in [9.17, 15) is 13.2 Å². The number of sulfonamides is 1. The fraction of sp³-hybridized carbons (Fsp3) is 0.389. The molecule has 2 N–H and O–H groups in total. The Bertz CT molecular complexity index is 809. The first-order chi connectivity index (χ1) is 11.9. The van der Waals surface area contributed by atoms with Crippen LogP contribution >= 0.6 is 11.3 Å². The second kappa shape index (κ2) is 7.58. The summed E-state index contributed by atoms with van der Waals surface area (Å²) in [4.78, 5) is 13.8. The third kappa shape index (κ3) is 4.83. The maximum absolute atomic E-state index is 12.7. The molecule has 1 atom stereocenters. The van der Waals surface area contributed by atoms with E-state index in [0.29, 0.717) is 17.2 Å². The molecule has 1 fully saturated rings. The summed E-state index contributed by atoms with van der Waals surface area (Å²) < 4.78 is 24.9. The van der Waals surface area contributed by atoms with Gasteiger partial charge in [-0.2, -0.15) is 0 Å². The first-order valence-corrected chi connectivity index (χ1v) is 11.1. The molecule has 0 unspecified atom stereocenters. The molecule has 1 aliphatic rings. The summed E-state index contributed by atoms with van der Waals surface area (Å²) in [5.74, 6) is 0.352. The van der Waals surface area contributed by atoms with Crippen LogP contribution in [0.5, 0.6) is 0 Å². The van der Waals surface area contributed by atoms with Crippen LogP contribution in [0.15, 0.2) is 41.8 Å². The second-order valence-electron chi connectivity index (χ2n) is 6.46. The quantitative estimate of drug-likeness (QED) is 0.803. The molecule has 1 aliphatic carbocycles. The zero-order chi connectivity index (χ0) is 17.9. The van der Waals surface area contributed by atoms with Gasteiger partial charge in [0.05, 0.1) is 12.3 Å². The Morgan fingerprint density at radius 2 is 1.84 bits per heavy atom. The molecule has 1 aromatic carbocycles. The van der Waals surface area contributed by atoms with E-state index in [1.807, 2.05) is 11.4 Å². The van der Waals surface area contributed by atoms with Gasteiger partial charge in [0.25, 0.3) is 5.91 Å². The number of anilines is 1. The average Bonchev–Trinajstić information content (AvgIpc) is 3.25. The molecule has 1 aromatic heterocycles. The van der Waals surface area contributed by atoms with Gasteiger partial charge in [-0.05, 0) is 54.5 Å². The van der Waals surface area contributed by atoms with Gasteiger partial charge in [-0.3, -0.25) is 9.52 Å². The van der Waals surface area contributed by atoms with E-state index >= 15 is 0 Å². The third-order valence-corrected chi connectivity index (χ3v) is 6.02. The number of benzene rings is 1. The highest BCUT2D eigenvalue weighted by Gasteiger charge is 2.28. The van der Waals surface area contributed by atoms with Gasteiger partial charge in [-0.25, -0.2) is 8.42 Å². The Morgan fingerprint density at radius 1 is 1.16 bits per heavy atom. The monoisotopic (exact) mass is 378 g/mol. The number of hydrogen-bond donors (Lipinski definition) is 2. The first-order valence-electron chi connectivity index (χ1n) is 8.34. The summed E-state index contributed by atoms with van der Waals surface area (Å²) >= 11 is 1.67. The van der Waals surface area contributed by atoms with E-state index in [-0.39, 0.29) is 11.9 Å². The number of nitrogens with one attached hydrogen (secondary N) is 2. The maximum Gasteiger partial charge on any atom is 0.251 e. The molecular weight excluding hydrogens is 356 g/mol. The van der Waals surface area contributed by atoms with Crippen molar-refractivity contribution < 1.29 is 13.2 Å². The fourth-order valence-electron chi connectivity index (χ4n) is 3.31. The molecule has 2 aromatic rings. The zero-order valence-corrected chi connectivity index (χ0v) is 15.7. The molecule has 0 bridgehead atoms. The summed E-state index contributed by atoms with van der Waals surface area (Å²) in [5.41, 5.74) is 0.975. The first kappa shape index (κ1) is 17.9. The van der Waals surface area contributed by atoms with E-state index in [1.54, 1.807) is 35.6 Å². The minimum absolute atomic E-state index is 0.0452. The molecule has 7 heteroatoms. The highest BCUT2D eigenvalue weighted by atomic mass is 32.2. The summed E-state index contributed by atoms with van der Waals surface area (Å²) in [6.07, 6.45) is 5.81. The average molecular weight is 379 g/mol. The van der Waals surface area contributed by atoms with Crippen LogP contribution in [0.1, 0.15) is 47.0 Å². The van der Waals surface area contributed by atoms with Crippen LogP contribution in [-0.2, 0) is 10.0 Å². The molecule has 0 aliphatic heterocycles. The number of amides is 1. The van der Waals surface area contributed by atoms with Crippen LogP contribution in [0.4, 0.5) is 5.69 Å². The molecule has 0 spiro atoms. The fourth-order valence-corrected chi connectivity index (χ4v) is 4.74. The summed E-state index contributed by atoms with van der Waals surface area (Å²) in [6.45, 7) is 0. The van der Waals surface area contributed by atoms with Gasteiger partial charge in [0, 0.05) is 16.1 Å². The van der Waals surface area contributed by atoms with Gasteiger partial charge in [0.2, 0.25) is 10.0 Å². The van der Waals surface area contributed by atoms with Crippen LogP contribution in [0.25, 0.3) is 0 Å². The van der Waals surface area contributed by atoms with Gasteiger partial charge in [0.1, 0.15) is 0 Å². The van der Waals surface area contributed by atoms with Crippen molar-refractivity contribution in [1.29, 1.82) is 0 Å². The lowest BCUT2D eigenvalue weighted by Crippen LogP contribution is -2.32. The van der Waals surface area contributed by atoms with Crippen LogP contribution < -0.4 is 10.0 Å². The van der Waals surface area contributed by atoms with Crippen molar-refractivity contribution in [2.45, 2.75) is 31.7 Å². The lowest BCUT2D eigenvalue weighted by molar-refractivity contribution is 0.0923. The van der Waals surface area contributed by atoms with Crippen LogP contribution in [0, 0.1) is 5.92 Å². The molecular formula is C18H22N2O3S2. The molecule has 1 saturated carbocycles. The molecule has 25 heavy (non-hydrogen) atoms. The smallest absolute Gasteiger partial charge is 0.251 e. The van der Waals surface area contributed by atoms with Crippen molar-refractivity contribution >= 4 is 33.0 Å². The molecule has 1 heterocycles. The summed E-state index contributed by atoms with van der Waals surface area (Å²) in [5, 5.41) is 5.21. The van der Waals surface area contributed by atoms with E-state index in [0.717, 1.165) is 19.1 Å². The minimum Gasteiger partial charge on any atom is -0.344 e. The third-order valence-electron chi connectivity index (χ3n) is 4.46. The van der Waals surface area contributed by atoms with Crippen molar-refractivity contribution in [2.24, 2.45) is 5.92 Å². The highest BCUT2D eigenvalue weighted by Crippen LogP contribution is 2.37. The Hall–Kier alpha value is -1.86. The Balaban J connectivity index is 1.73. The van der Waals surface area contributed by atoms with E-state index in [2.05, 4.69) is 16.1 Å². The Kier molecular flexibility index (Phi) is 5.44. The lowest BCUT2D eigenvalue weighted by atomic mass is 9.96. The van der Waals surface area contributed by atoms with Crippen molar-refractivity contribution in [2.75, 3.05) is 11.0 Å². The van der Waals surface area contributed by atoms with Crippen LogP contribution in [-0.4, -0.2) is 20.6 Å². The SMILES string of the molecule is CS(=O)(=O)Nc1ccc(C(=O)N[C@H](c2cccs2)C2CCCC2)cc1. The second-order valence-corrected chi connectivity index (χ2v) is 9.19. The Morgan fingerprint density at radius 3 is 2.40 bits per heavy atom. The van der Waals surface area contributed by atoms with E-state index < -0.39 is 10.0 Å². The van der Waals surface area contributed by atoms with Crippen LogP contribution in [0.3, 0.4) is 0 Å². The van der Waals surface area contributed by atoms with Gasteiger partial charge >= 0.3 is 0 Å². The molecule has 1 amide bonds. The number of rotatable bonds is 6. The van der Waals surface area contributed by atoms with Crippen molar-refractivity contribution in [3.8, 4) is 0 Å². The number of thiophene rings is 1. The molecule has 134 valence electrons. The van der Waals surface area contributed by atoms with Crippen LogP contribution in [0.2, 0.25) is 0 Å². The van der Waals surface area contributed by atoms with Crippen molar-refractivity contribution in [3.63, 3.8) is 0 Å². The Labute approximate surface area is 152 Å². The standard InChI is InChI=1S/C18H22N2O3S2/c1-25(22,23)20-15-10-8-14(9-11-15)18(21)19-17(13-5-2-3-6-13)16-7-4-12-24-16/h4,7-13,17,20H,2-3,5-6H2,1H3,(H,19,21)/t17-/m0/s1. The van der Waals surface area contributed by atoms with E-state index in [1.165, 1.54) is 17.7 Å². The van der Waals surface area contributed by atoms with Crippen molar-refractivity contribution in [1.82, 2.24) is 5.32 Å². The normalized spacial score (nSPS) is 16.5. The lowest BCUT2D eigenvalue weighted by Gasteiger charge is -2.24. The maximum atomic E-state index is 12.7. The summed E-state index contributed by atoms with van der Waals surface area (Å²) in [7, 11) is -3.32. The largest absolute Gasteiger partial charge is 0.344 e. The summed E-state index contributed by atoms with van der Waals surface area (Å²) in [6, 6.07) is 10.6.